The van der Waals surface area contributed by atoms with E-state index in [4.69, 9.17) is 0 Å². The Labute approximate surface area is 141 Å². The third kappa shape index (κ3) is 3.45. The van der Waals surface area contributed by atoms with Crippen LogP contribution in [-0.2, 0) is 13.6 Å². The minimum Gasteiger partial charge on any atom is -0.348 e. The molecule has 0 spiro atoms. The quantitative estimate of drug-likeness (QED) is 0.754. The zero-order valence-electron chi connectivity index (χ0n) is 14.6. The van der Waals surface area contributed by atoms with Crippen molar-refractivity contribution in [2.24, 2.45) is 7.05 Å². The number of nitrogens with zero attached hydrogens (tertiary/aromatic N) is 6. The van der Waals surface area contributed by atoms with Crippen molar-refractivity contribution in [1.29, 1.82) is 0 Å². The summed E-state index contributed by atoms with van der Waals surface area (Å²) in [6.45, 7) is 7.13. The predicted molar refractivity (Wildman–Crippen MR) is 93.5 cm³/mol. The normalized spacial score (nSPS) is 12.3. The van der Waals surface area contributed by atoms with E-state index in [1.807, 2.05) is 37.1 Å². The van der Waals surface area contributed by atoms with Crippen molar-refractivity contribution in [2.45, 2.75) is 39.8 Å². The summed E-state index contributed by atoms with van der Waals surface area (Å²) in [7, 11) is 1.91. The monoisotopic (exact) mass is 325 g/mol. The molecule has 0 saturated carbocycles. The van der Waals surface area contributed by atoms with Gasteiger partial charge < -0.3 is 5.32 Å². The zero-order valence-corrected chi connectivity index (χ0v) is 14.6. The van der Waals surface area contributed by atoms with E-state index in [1.54, 1.807) is 10.9 Å². The molecule has 3 heterocycles. The Balaban J connectivity index is 1.81. The summed E-state index contributed by atoms with van der Waals surface area (Å²) in [5.41, 5.74) is 4.00. The smallest absolute Gasteiger partial charge is 0.223 e. The van der Waals surface area contributed by atoms with Crippen LogP contribution in [0.15, 0.2) is 30.9 Å². The molecule has 3 rings (SSSR count). The van der Waals surface area contributed by atoms with Crippen molar-refractivity contribution in [3.63, 3.8) is 0 Å². The van der Waals surface area contributed by atoms with E-state index in [-0.39, 0.29) is 6.04 Å². The molecule has 3 aromatic heterocycles. The van der Waals surface area contributed by atoms with Gasteiger partial charge in [-0.2, -0.15) is 10.2 Å². The van der Waals surface area contributed by atoms with Crippen LogP contribution in [0.4, 0.5) is 5.95 Å². The number of anilines is 1. The molecule has 126 valence electrons. The van der Waals surface area contributed by atoms with E-state index in [1.165, 1.54) is 0 Å². The van der Waals surface area contributed by atoms with Gasteiger partial charge in [-0.15, -0.1) is 0 Å². The lowest BCUT2D eigenvalue weighted by Gasteiger charge is -2.12. The molecule has 0 radical (unpaired) electrons. The Morgan fingerprint density at radius 3 is 2.83 bits per heavy atom. The minimum absolute atomic E-state index is 0.0814. The number of aromatic nitrogens is 6. The maximum Gasteiger partial charge on any atom is 0.223 e. The van der Waals surface area contributed by atoms with Gasteiger partial charge in [-0.1, -0.05) is 6.92 Å². The first kappa shape index (κ1) is 16.2. The number of hydrogen-bond donors (Lipinski definition) is 1. The first-order valence-corrected chi connectivity index (χ1v) is 8.19. The Hall–Kier alpha value is -2.70. The van der Waals surface area contributed by atoms with Gasteiger partial charge in [0.15, 0.2) is 0 Å². The molecule has 7 heteroatoms. The van der Waals surface area contributed by atoms with E-state index >= 15 is 0 Å². The number of nitrogens with one attached hydrogen (secondary N) is 1. The van der Waals surface area contributed by atoms with Crippen molar-refractivity contribution >= 4 is 5.95 Å². The van der Waals surface area contributed by atoms with Crippen LogP contribution in [0.25, 0.3) is 11.3 Å². The third-order valence-corrected chi connectivity index (χ3v) is 3.90. The van der Waals surface area contributed by atoms with Gasteiger partial charge in [-0.3, -0.25) is 9.36 Å². The van der Waals surface area contributed by atoms with Gasteiger partial charge in [0.05, 0.1) is 23.6 Å². The van der Waals surface area contributed by atoms with E-state index in [0.29, 0.717) is 5.95 Å². The predicted octanol–water partition coefficient (Wildman–Crippen LogP) is 2.97. The van der Waals surface area contributed by atoms with Crippen LogP contribution in [0.1, 0.15) is 37.6 Å². The van der Waals surface area contributed by atoms with Gasteiger partial charge in [-0.05, 0) is 26.3 Å². The van der Waals surface area contributed by atoms with Crippen molar-refractivity contribution in [1.82, 2.24) is 29.5 Å². The molecule has 0 unspecified atom stereocenters. The van der Waals surface area contributed by atoms with E-state index in [0.717, 1.165) is 35.5 Å². The molecule has 0 fully saturated rings. The molecule has 1 N–H and O–H groups in total. The van der Waals surface area contributed by atoms with Gasteiger partial charge in [-0.25, -0.2) is 9.97 Å². The summed E-state index contributed by atoms with van der Waals surface area (Å²) >= 11 is 0. The lowest BCUT2D eigenvalue weighted by Crippen LogP contribution is -2.09. The molecule has 0 saturated heterocycles. The lowest BCUT2D eigenvalue weighted by molar-refractivity contribution is 0.598. The molecule has 0 aromatic carbocycles. The second-order valence-electron chi connectivity index (χ2n) is 5.97. The van der Waals surface area contributed by atoms with Crippen molar-refractivity contribution in [2.75, 3.05) is 5.32 Å². The van der Waals surface area contributed by atoms with Crippen LogP contribution in [0.3, 0.4) is 0 Å². The van der Waals surface area contributed by atoms with E-state index in [2.05, 4.69) is 45.5 Å². The topological polar surface area (TPSA) is 73.5 Å². The zero-order chi connectivity index (χ0) is 17.1. The molecule has 7 nitrogen and oxygen atoms in total. The fourth-order valence-corrected chi connectivity index (χ4v) is 2.63. The van der Waals surface area contributed by atoms with E-state index in [9.17, 15) is 0 Å². The highest BCUT2D eigenvalue weighted by Gasteiger charge is 2.12. The third-order valence-electron chi connectivity index (χ3n) is 3.90. The first-order chi connectivity index (χ1) is 11.6. The standard InChI is InChI=1S/C17H23N7/c1-5-8-24-11-15(13(3)22-24)16-6-7-18-17(21-16)20-12(2)14-9-19-23(4)10-14/h6-7,9-12H,5,8H2,1-4H3,(H,18,20,21)/t12-/m0/s1. The second-order valence-corrected chi connectivity index (χ2v) is 5.97. The maximum atomic E-state index is 4.65. The minimum atomic E-state index is 0.0814. The number of rotatable bonds is 6. The molecule has 3 aromatic rings. The molecule has 24 heavy (non-hydrogen) atoms. The van der Waals surface area contributed by atoms with Crippen LogP contribution < -0.4 is 5.32 Å². The average molecular weight is 325 g/mol. The molecular formula is C17H23N7. The summed E-state index contributed by atoms with van der Waals surface area (Å²) in [5, 5.41) is 12.1. The molecule has 0 amide bonds. The number of aryl methyl sites for hydroxylation is 3. The van der Waals surface area contributed by atoms with Gasteiger partial charge in [0.1, 0.15) is 0 Å². The summed E-state index contributed by atoms with van der Waals surface area (Å²) in [6.07, 6.45) is 8.72. The number of hydrogen-bond acceptors (Lipinski definition) is 5. The van der Waals surface area contributed by atoms with Crippen molar-refractivity contribution in [3.05, 3.63) is 42.1 Å². The summed E-state index contributed by atoms with van der Waals surface area (Å²) in [4.78, 5) is 8.98. The highest BCUT2D eigenvalue weighted by atomic mass is 15.3. The van der Waals surface area contributed by atoms with Crippen molar-refractivity contribution in [3.8, 4) is 11.3 Å². The van der Waals surface area contributed by atoms with Gasteiger partial charge >= 0.3 is 0 Å². The molecule has 1 atom stereocenters. The average Bonchev–Trinajstić information content (AvgIpc) is 3.14. The molecule has 0 aliphatic carbocycles. The van der Waals surface area contributed by atoms with Crippen LogP contribution in [0.5, 0.6) is 0 Å². The van der Waals surface area contributed by atoms with E-state index < -0.39 is 0 Å². The fraction of sp³-hybridized carbons (Fsp3) is 0.412. The summed E-state index contributed by atoms with van der Waals surface area (Å²) < 4.78 is 3.76. The second kappa shape index (κ2) is 6.82. The summed E-state index contributed by atoms with van der Waals surface area (Å²) in [6, 6.07) is 2.00. The van der Waals surface area contributed by atoms with Crippen LogP contribution in [0, 0.1) is 6.92 Å². The van der Waals surface area contributed by atoms with Gasteiger partial charge in [0, 0.05) is 43.3 Å². The van der Waals surface area contributed by atoms with Crippen LogP contribution in [0.2, 0.25) is 0 Å². The summed E-state index contributed by atoms with van der Waals surface area (Å²) in [5.74, 6) is 0.603. The largest absolute Gasteiger partial charge is 0.348 e. The Morgan fingerprint density at radius 1 is 1.29 bits per heavy atom. The molecule has 0 aliphatic rings. The lowest BCUT2D eigenvalue weighted by atomic mass is 10.2. The highest BCUT2D eigenvalue weighted by Crippen LogP contribution is 2.22. The highest BCUT2D eigenvalue weighted by molar-refractivity contribution is 5.61. The van der Waals surface area contributed by atoms with Crippen LogP contribution in [-0.4, -0.2) is 29.5 Å². The van der Waals surface area contributed by atoms with Gasteiger partial charge in [0.2, 0.25) is 5.95 Å². The maximum absolute atomic E-state index is 4.65. The fourth-order valence-electron chi connectivity index (χ4n) is 2.63. The first-order valence-electron chi connectivity index (χ1n) is 8.19. The Morgan fingerprint density at radius 2 is 2.12 bits per heavy atom. The SMILES string of the molecule is CCCn1cc(-c2ccnc(N[C@@H](C)c3cnn(C)c3)n2)c(C)n1. The van der Waals surface area contributed by atoms with Crippen LogP contribution >= 0.6 is 0 Å². The Kier molecular flexibility index (Phi) is 4.59. The molecular weight excluding hydrogens is 302 g/mol. The molecule has 0 aliphatic heterocycles. The Bertz CT molecular complexity index is 818. The van der Waals surface area contributed by atoms with Crippen molar-refractivity contribution < 1.29 is 0 Å². The molecule has 0 bridgehead atoms. The van der Waals surface area contributed by atoms with Gasteiger partial charge in [0.25, 0.3) is 0 Å².